The molecule has 0 atom stereocenters. The zero-order chi connectivity index (χ0) is 15.8. The highest BCUT2D eigenvalue weighted by Gasteiger charge is 2.00. The number of hydrogen-bond acceptors (Lipinski definition) is 3. The third-order valence-corrected chi connectivity index (χ3v) is 3.41. The van der Waals surface area contributed by atoms with Gasteiger partial charge in [-0.25, -0.2) is 0 Å². The molecule has 0 unspecified atom stereocenters. The first-order valence-corrected chi connectivity index (χ1v) is 7.88. The molecule has 0 saturated heterocycles. The van der Waals surface area contributed by atoms with Crippen molar-refractivity contribution >= 4 is 11.4 Å². The van der Waals surface area contributed by atoms with Crippen molar-refractivity contribution in [2.75, 3.05) is 37.0 Å². The number of rotatable bonds is 8. The van der Waals surface area contributed by atoms with E-state index in [-0.39, 0.29) is 0 Å². The van der Waals surface area contributed by atoms with Crippen molar-refractivity contribution in [1.82, 2.24) is 0 Å². The Kier molecular flexibility index (Phi) is 6.13. The van der Waals surface area contributed by atoms with Crippen LogP contribution in [0.25, 0.3) is 0 Å². The van der Waals surface area contributed by atoms with E-state index in [1.54, 1.807) is 0 Å². The summed E-state index contributed by atoms with van der Waals surface area (Å²) in [6, 6.07) is 18.6. The highest BCUT2D eigenvalue weighted by Crippen LogP contribution is 2.16. The second-order valence-electron chi connectivity index (χ2n) is 5.91. The normalized spacial score (nSPS) is 10.5. The van der Waals surface area contributed by atoms with Gasteiger partial charge in [0.25, 0.3) is 0 Å². The van der Waals surface area contributed by atoms with Gasteiger partial charge in [0.05, 0.1) is 6.61 Å². The van der Waals surface area contributed by atoms with Gasteiger partial charge in [-0.2, -0.15) is 0 Å². The van der Waals surface area contributed by atoms with Crippen LogP contribution in [0.5, 0.6) is 5.75 Å². The van der Waals surface area contributed by atoms with E-state index in [1.807, 2.05) is 18.2 Å². The molecule has 0 radical (unpaired) electrons. The van der Waals surface area contributed by atoms with Gasteiger partial charge in [-0.3, -0.25) is 0 Å². The van der Waals surface area contributed by atoms with Crippen LogP contribution in [-0.4, -0.2) is 26.7 Å². The lowest BCUT2D eigenvalue weighted by Gasteiger charge is -2.19. The average Bonchev–Trinajstić information content (AvgIpc) is 2.55. The van der Waals surface area contributed by atoms with Crippen LogP contribution in [0.15, 0.2) is 54.6 Å². The predicted molar refractivity (Wildman–Crippen MR) is 95.0 cm³/mol. The van der Waals surface area contributed by atoms with Crippen LogP contribution in [-0.2, 0) is 0 Å². The third-order valence-electron chi connectivity index (χ3n) is 3.41. The maximum Gasteiger partial charge on any atom is 0.119 e. The Bertz CT molecular complexity index is 537. The first-order valence-electron chi connectivity index (χ1n) is 7.88. The topological polar surface area (TPSA) is 24.5 Å². The minimum Gasteiger partial charge on any atom is -0.493 e. The van der Waals surface area contributed by atoms with Crippen LogP contribution in [0.1, 0.15) is 13.8 Å². The first-order chi connectivity index (χ1) is 10.6. The zero-order valence-electron chi connectivity index (χ0n) is 13.8. The fourth-order valence-corrected chi connectivity index (χ4v) is 2.11. The lowest BCUT2D eigenvalue weighted by Crippen LogP contribution is -2.24. The molecule has 0 amide bonds. The molecule has 1 N–H and O–H groups in total. The van der Waals surface area contributed by atoms with E-state index in [9.17, 15) is 0 Å². The first kappa shape index (κ1) is 16.2. The number of nitrogens with one attached hydrogen (secondary N) is 1. The molecule has 118 valence electrons. The SMILES string of the molecule is CC(C)COc1ccc(NCCN(C)c2ccccc2)cc1. The molecule has 0 aromatic heterocycles. The van der Waals surface area contributed by atoms with Crippen LogP contribution in [0, 0.1) is 5.92 Å². The monoisotopic (exact) mass is 298 g/mol. The summed E-state index contributed by atoms with van der Waals surface area (Å²) in [5, 5.41) is 3.44. The Morgan fingerprint density at radius 2 is 1.68 bits per heavy atom. The molecule has 22 heavy (non-hydrogen) atoms. The summed E-state index contributed by atoms with van der Waals surface area (Å²) in [6.07, 6.45) is 0. The molecular formula is C19H26N2O. The van der Waals surface area contributed by atoms with Crippen molar-refractivity contribution in [3.63, 3.8) is 0 Å². The highest BCUT2D eigenvalue weighted by atomic mass is 16.5. The van der Waals surface area contributed by atoms with Crippen molar-refractivity contribution in [2.45, 2.75) is 13.8 Å². The highest BCUT2D eigenvalue weighted by molar-refractivity contribution is 5.48. The lowest BCUT2D eigenvalue weighted by atomic mass is 10.2. The van der Waals surface area contributed by atoms with Crippen molar-refractivity contribution in [3.8, 4) is 5.75 Å². The minimum atomic E-state index is 0.548. The fraction of sp³-hybridized carbons (Fsp3) is 0.368. The molecule has 0 aliphatic heterocycles. The van der Waals surface area contributed by atoms with Crippen molar-refractivity contribution in [3.05, 3.63) is 54.6 Å². The number of anilines is 2. The quantitative estimate of drug-likeness (QED) is 0.787. The fourth-order valence-electron chi connectivity index (χ4n) is 2.11. The van der Waals surface area contributed by atoms with E-state index in [2.05, 4.69) is 67.5 Å². The van der Waals surface area contributed by atoms with Gasteiger partial charge in [-0.05, 0) is 42.3 Å². The molecule has 0 bridgehead atoms. The summed E-state index contributed by atoms with van der Waals surface area (Å²) >= 11 is 0. The Hall–Kier alpha value is -2.16. The lowest BCUT2D eigenvalue weighted by molar-refractivity contribution is 0.271. The summed E-state index contributed by atoms with van der Waals surface area (Å²) < 4.78 is 5.69. The van der Waals surface area contributed by atoms with Crippen LogP contribution in [0.2, 0.25) is 0 Å². The molecule has 0 fully saturated rings. The predicted octanol–water partition coefficient (Wildman–Crippen LogP) is 4.27. The van der Waals surface area contributed by atoms with Crippen LogP contribution in [0.4, 0.5) is 11.4 Å². The molecule has 3 heteroatoms. The molecule has 0 heterocycles. The summed E-state index contributed by atoms with van der Waals surface area (Å²) in [6.45, 7) is 6.92. The number of hydrogen-bond donors (Lipinski definition) is 1. The van der Waals surface area contributed by atoms with Gasteiger partial charge in [-0.1, -0.05) is 32.0 Å². The second-order valence-corrected chi connectivity index (χ2v) is 5.91. The maximum absolute atomic E-state index is 5.69. The largest absolute Gasteiger partial charge is 0.493 e. The second kappa shape index (κ2) is 8.32. The summed E-state index contributed by atoms with van der Waals surface area (Å²) in [4.78, 5) is 2.24. The minimum absolute atomic E-state index is 0.548. The number of likely N-dealkylation sites (N-methyl/N-ethyl adjacent to an activating group) is 1. The standard InChI is InChI=1S/C19H26N2O/c1-16(2)15-22-19-11-9-17(10-12-19)20-13-14-21(3)18-7-5-4-6-8-18/h4-12,16,20H,13-15H2,1-3H3. The van der Waals surface area contributed by atoms with Gasteiger partial charge >= 0.3 is 0 Å². The van der Waals surface area contributed by atoms with Gasteiger partial charge in [0, 0.05) is 31.5 Å². The summed E-state index contributed by atoms with van der Waals surface area (Å²) in [7, 11) is 2.11. The van der Waals surface area contributed by atoms with Crippen molar-refractivity contribution < 1.29 is 4.74 Å². The molecule has 2 rings (SSSR count). The van der Waals surface area contributed by atoms with E-state index in [0.29, 0.717) is 5.92 Å². The molecular weight excluding hydrogens is 272 g/mol. The van der Waals surface area contributed by atoms with Gasteiger partial charge in [0.2, 0.25) is 0 Å². The smallest absolute Gasteiger partial charge is 0.119 e. The van der Waals surface area contributed by atoms with Crippen molar-refractivity contribution in [1.29, 1.82) is 0 Å². The Morgan fingerprint density at radius 3 is 2.32 bits per heavy atom. The van der Waals surface area contributed by atoms with E-state index in [4.69, 9.17) is 4.74 Å². The molecule has 0 saturated carbocycles. The van der Waals surface area contributed by atoms with Crippen molar-refractivity contribution in [2.24, 2.45) is 5.92 Å². The van der Waals surface area contributed by atoms with E-state index < -0.39 is 0 Å². The molecule has 3 nitrogen and oxygen atoms in total. The Morgan fingerprint density at radius 1 is 1.00 bits per heavy atom. The number of benzene rings is 2. The number of ether oxygens (including phenoxy) is 1. The van der Waals surface area contributed by atoms with Crippen LogP contribution in [0.3, 0.4) is 0 Å². The van der Waals surface area contributed by atoms with Crippen LogP contribution >= 0.6 is 0 Å². The molecule has 2 aromatic rings. The van der Waals surface area contributed by atoms with Gasteiger partial charge in [0.15, 0.2) is 0 Å². The number of nitrogens with zero attached hydrogens (tertiary/aromatic N) is 1. The van der Waals surface area contributed by atoms with E-state index in [1.165, 1.54) is 5.69 Å². The Balaban J connectivity index is 1.75. The van der Waals surface area contributed by atoms with Gasteiger partial charge in [0.1, 0.15) is 5.75 Å². The third kappa shape index (κ3) is 5.32. The molecule has 2 aromatic carbocycles. The van der Waals surface area contributed by atoms with Gasteiger partial charge < -0.3 is 15.0 Å². The maximum atomic E-state index is 5.69. The van der Waals surface area contributed by atoms with E-state index >= 15 is 0 Å². The molecule has 0 aliphatic rings. The average molecular weight is 298 g/mol. The summed E-state index contributed by atoms with van der Waals surface area (Å²) in [5.41, 5.74) is 2.36. The molecule has 0 spiro atoms. The van der Waals surface area contributed by atoms with E-state index in [0.717, 1.165) is 31.1 Å². The Labute approximate surface area is 133 Å². The summed E-state index contributed by atoms with van der Waals surface area (Å²) in [5.74, 6) is 1.48. The van der Waals surface area contributed by atoms with Crippen LogP contribution < -0.4 is 15.0 Å². The number of para-hydroxylation sites is 1. The zero-order valence-corrected chi connectivity index (χ0v) is 13.8. The van der Waals surface area contributed by atoms with Gasteiger partial charge in [-0.15, -0.1) is 0 Å². The molecule has 0 aliphatic carbocycles.